The highest BCUT2D eigenvalue weighted by Crippen LogP contribution is 2.20. The number of alkyl halides is 1. The highest BCUT2D eigenvalue weighted by molar-refractivity contribution is 6.16. The van der Waals surface area contributed by atoms with E-state index in [2.05, 4.69) is 27.9 Å². The molecule has 2 rings (SSSR count). The fourth-order valence-electron chi connectivity index (χ4n) is 2.70. The molecule has 0 saturated heterocycles. The summed E-state index contributed by atoms with van der Waals surface area (Å²) in [4.78, 5) is 16.4. The van der Waals surface area contributed by atoms with E-state index in [1.165, 1.54) is 12.8 Å². The average molecular weight is 366 g/mol. The van der Waals surface area contributed by atoms with E-state index in [1.54, 1.807) is 0 Å². The smallest absolute Gasteiger partial charge is 0.407 e. The zero-order valence-corrected chi connectivity index (χ0v) is 16.3. The largest absolute Gasteiger partial charge is 0.444 e. The van der Waals surface area contributed by atoms with Crippen LogP contribution in [-0.4, -0.2) is 21.2 Å². The van der Waals surface area contributed by atoms with Gasteiger partial charge in [-0.15, -0.1) is 11.6 Å². The minimum Gasteiger partial charge on any atom is -0.444 e. The maximum atomic E-state index is 11.8. The lowest BCUT2D eigenvalue weighted by Gasteiger charge is -2.19. The summed E-state index contributed by atoms with van der Waals surface area (Å²) in [5, 5.41) is 2.78. The Morgan fingerprint density at radius 1 is 1.32 bits per heavy atom. The molecule has 1 aromatic heterocycles. The van der Waals surface area contributed by atoms with Crippen LogP contribution in [0.1, 0.15) is 58.3 Å². The number of alkyl carbamates (subject to hydrolysis) is 1. The maximum absolute atomic E-state index is 11.8. The Balaban J connectivity index is 2.10. The molecule has 0 aliphatic rings. The summed E-state index contributed by atoms with van der Waals surface area (Å²) in [6, 6.07) is 6.06. The van der Waals surface area contributed by atoms with Crippen molar-refractivity contribution in [3.8, 4) is 0 Å². The molecule has 5 nitrogen and oxygen atoms in total. The highest BCUT2D eigenvalue weighted by Gasteiger charge is 2.16. The van der Waals surface area contributed by atoms with Gasteiger partial charge in [-0.25, -0.2) is 9.78 Å². The van der Waals surface area contributed by atoms with Crippen molar-refractivity contribution in [2.45, 2.75) is 71.5 Å². The van der Waals surface area contributed by atoms with Gasteiger partial charge >= 0.3 is 6.09 Å². The molecule has 6 heteroatoms. The Hall–Kier alpha value is -1.75. The number of amides is 1. The van der Waals surface area contributed by atoms with Gasteiger partial charge in [-0.1, -0.05) is 25.8 Å². The van der Waals surface area contributed by atoms with E-state index in [0.29, 0.717) is 12.4 Å². The monoisotopic (exact) mass is 365 g/mol. The van der Waals surface area contributed by atoms with Gasteiger partial charge in [0.15, 0.2) is 0 Å². The lowest BCUT2D eigenvalue weighted by atomic mass is 10.2. The average Bonchev–Trinajstić information content (AvgIpc) is 2.89. The summed E-state index contributed by atoms with van der Waals surface area (Å²) in [7, 11) is 0. The molecule has 0 fully saturated rings. The zero-order chi connectivity index (χ0) is 18.4. The standard InChI is InChI=1S/C19H28ClN3O2/c1-5-6-7-10-23-16-9-8-14(11-15(16)22-17(23)12-20)13-21-18(24)25-19(2,3)4/h8-9,11H,5-7,10,12-13H2,1-4H3,(H,21,24). The third-order valence-electron chi connectivity index (χ3n) is 3.83. The first kappa shape index (κ1) is 19.6. The Bertz CT molecular complexity index is 719. The van der Waals surface area contributed by atoms with E-state index >= 15 is 0 Å². The molecule has 2 aromatic rings. The van der Waals surface area contributed by atoms with Gasteiger partial charge in [-0.05, 0) is 44.9 Å². The summed E-state index contributed by atoms with van der Waals surface area (Å²) in [6.07, 6.45) is 3.08. The number of carbonyl (C=O) groups is 1. The molecule has 0 spiro atoms. The Labute approximate surface area is 154 Å². The van der Waals surface area contributed by atoms with E-state index in [9.17, 15) is 4.79 Å². The number of rotatable bonds is 7. The second-order valence-corrected chi connectivity index (χ2v) is 7.47. The van der Waals surface area contributed by atoms with Gasteiger partial charge in [-0.3, -0.25) is 0 Å². The summed E-state index contributed by atoms with van der Waals surface area (Å²) >= 11 is 6.06. The molecule has 1 aromatic carbocycles. The van der Waals surface area contributed by atoms with E-state index in [0.717, 1.165) is 35.4 Å². The summed E-state index contributed by atoms with van der Waals surface area (Å²) in [5.41, 5.74) is 2.49. The van der Waals surface area contributed by atoms with Crippen molar-refractivity contribution in [3.63, 3.8) is 0 Å². The third kappa shape index (κ3) is 5.63. The molecule has 0 atom stereocenters. The SMILES string of the molecule is CCCCCn1c(CCl)nc2cc(CNC(=O)OC(C)(C)C)ccc21. The minimum absolute atomic E-state index is 0.395. The van der Waals surface area contributed by atoms with Gasteiger partial charge in [0.2, 0.25) is 0 Å². The van der Waals surface area contributed by atoms with Crippen LogP contribution in [0.2, 0.25) is 0 Å². The summed E-state index contributed by atoms with van der Waals surface area (Å²) in [5.74, 6) is 1.29. The van der Waals surface area contributed by atoms with Crippen LogP contribution in [0.25, 0.3) is 11.0 Å². The van der Waals surface area contributed by atoms with E-state index in [-0.39, 0.29) is 0 Å². The molecular weight excluding hydrogens is 338 g/mol. The van der Waals surface area contributed by atoms with E-state index in [4.69, 9.17) is 16.3 Å². The predicted molar refractivity (Wildman–Crippen MR) is 102 cm³/mol. The number of halogens is 1. The van der Waals surface area contributed by atoms with Crippen molar-refractivity contribution < 1.29 is 9.53 Å². The number of imidazole rings is 1. The van der Waals surface area contributed by atoms with Gasteiger partial charge < -0.3 is 14.6 Å². The number of nitrogens with one attached hydrogen (secondary N) is 1. The molecule has 0 aliphatic carbocycles. The van der Waals surface area contributed by atoms with Crippen molar-refractivity contribution >= 4 is 28.7 Å². The number of nitrogens with zero attached hydrogens (tertiary/aromatic N) is 2. The first-order valence-electron chi connectivity index (χ1n) is 8.85. The number of carbonyl (C=O) groups excluding carboxylic acids is 1. The molecule has 25 heavy (non-hydrogen) atoms. The van der Waals surface area contributed by atoms with Crippen molar-refractivity contribution in [2.75, 3.05) is 0 Å². The number of ether oxygens (including phenoxy) is 1. The van der Waals surface area contributed by atoms with E-state index in [1.807, 2.05) is 32.9 Å². The van der Waals surface area contributed by atoms with E-state index < -0.39 is 11.7 Å². The number of benzene rings is 1. The van der Waals surface area contributed by atoms with Crippen molar-refractivity contribution in [2.24, 2.45) is 0 Å². The molecular formula is C19H28ClN3O2. The van der Waals surface area contributed by atoms with Crippen LogP contribution in [0.4, 0.5) is 4.79 Å². The lowest BCUT2D eigenvalue weighted by molar-refractivity contribution is 0.0523. The van der Waals surface area contributed by atoms with Crippen molar-refractivity contribution in [1.82, 2.24) is 14.9 Å². The number of aromatic nitrogens is 2. The van der Waals surface area contributed by atoms with Crippen LogP contribution in [-0.2, 0) is 23.7 Å². The van der Waals surface area contributed by atoms with Gasteiger partial charge in [-0.2, -0.15) is 0 Å². The maximum Gasteiger partial charge on any atom is 0.407 e. The van der Waals surface area contributed by atoms with Gasteiger partial charge in [0.1, 0.15) is 11.4 Å². The zero-order valence-electron chi connectivity index (χ0n) is 15.6. The molecule has 0 bridgehead atoms. The lowest BCUT2D eigenvalue weighted by Crippen LogP contribution is -2.32. The van der Waals surface area contributed by atoms with Crippen molar-refractivity contribution in [1.29, 1.82) is 0 Å². The van der Waals surface area contributed by atoms with Crippen LogP contribution >= 0.6 is 11.6 Å². The van der Waals surface area contributed by atoms with Crippen LogP contribution < -0.4 is 5.32 Å². The molecule has 1 N–H and O–H groups in total. The fraction of sp³-hybridized carbons (Fsp3) is 0.579. The minimum atomic E-state index is -0.499. The molecule has 0 unspecified atom stereocenters. The predicted octanol–water partition coefficient (Wildman–Crippen LogP) is 4.99. The number of fused-ring (bicyclic) bond motifs is 1. The summed E-state index contributed by atoms with van der Waals surface area (Å²) < 4.78 is 7.45. The Kier molecular flexibility index (Phi) is 6.71. The van der Waals surface area contributed by atoms with Gasteiger partial charge in [0.05, 0.1) is 16.9 Å². The normalized spacial score (nSPS) is 11.7. The Morgan fingerprint density at radius 2 is 2.08 bits per heavy atom. The van der Waals surface area contributed by atoms with Crippen LogP contribution in [0, 0.1) is 0 Å². The second-order valence-electron chi connectivity index (χ2n) is 7.20. The third-order valence-corrected chi connectivity index (χ3v) is 4.07. The first-order valence-corrected chi connectivity index (χ1v) is 9.38. The molecule has 0 radical (unpaired) electrons. The topological polar surface area (TPSA) is 56.2 Å². The highest BCUT2D eigenvalue weighted by atomic mass is 35.5. The quantitative estimate of drug-likeness (QED) is 0.555. The molecule has 1 amide bonds. The van der Waals surface area contributed by atoms with Gasteiger partial charge in [0.25, 0.3) is 0 Å². The molecule has 138 valence electrons. The van der Waals surface area contributed by atoms with Gasteiger partial charge in [0, 0.05) is 13.1 Å². The number of aryl methyl sites for hydroxylation is 1. The van der Waals surface area contributed by atoms with Crippen LogP contribution in [0.15, 0.2) is 18.2 Å². The molecule has 1 heterocycles. The number of hydrogen-bond acceptors (Lipinski definition) is 3. The van der Waals surface area contributed by atoms with Crippen LogP contribution in [0.5, 0.6) is 0 Å². The Morgan fingerprint density at radius 3 is 2.72 bits per heavy atom. The summed E-state index contributed by atoms with van der Waals surface area (Å²) in [6.45, 7) is 9.07. The fourth-order valence-corrected chi connectivity index (χ4v) is 2.90. The molecule has 0 saturated carbocycles. The molecule has 0 aliphatic heterocycles. The number of hydrogen-bond donors (Lipinski definition) is 1. The first-order chi connectivity index (χ1) is 11.8. The second kappa shape index (κ2) is 8.56. The number of unbranched alkanes of at least 4 members (excludes halogenated alkanes) is 2. The van der Waals surface area contributed by atoms with Crippen LogP contribution in [0.3, 0.4) is 0 Å². The van der Waals surface area contributed by atoms with Crippen molar-refractivity contribution in [3.05, 3.63) is 29.6 Å².